The minimum Gasteiger partial charge on any atom is -0.481 e. The van der Waals surface area contributed by atoms with E-state index in [0.717, 1.165) is 5.56 Å². The van der Waals surface area contributed by atoms with Gasteiger partial charge in [0, 0.05) is 12.8 Å². The molecule has 1 aromatic rings. The zero-order valence-corrected chi connectivity index (χ0v) is 21.9. The van der Waals surface area contributed by atoms with Gasteiger partial charge in [-0.3, -0.25) is 4.79 Å². The summed E-state index contributed by atoms with van der Waals surface area (Å²) in [6.07, 6.45) is -0.591. The Bertz CT molecular complexity index is 943. The number of amides is 2. The molecule has 2 atom stereocenters. The molecule has 12 nitrogen and oxygen atoms in total. The highest BCUT2D eigenvalue weighted by molar-refractivity contribution is 5.82. The second-order valence-electron chi connectivity index (χ2n) is 9.10. The molecule has 0 saturated carbocycles. The van der Waals surface area contributed by atoms with E-state index in [9.17, 15) is 24.0 Å². The highest BCUT2D eigenvalue weighted by atomic mass is 16.6. The molecule has 1 rings (SSSR count). The topological polar surface area (TPSA) is 167 Å². The van der Waals surface area contributed by atoms with Crippen LogP contribution in [-0.2, 0) is 39.9 Å². The molecule has 0 heterocycles. The number of nitrogens with one attached hydrogen (secondary N) is 2. The lowest BCUT2D eigenvalue weighted by atomic mass is 10.1. The van der Waals surface area contributed by atoms with E-state index in [1.807, 2.05) is 6.07 Å². The summed E-state index contributed by atoms with van der Waals surface area (Å²) in [5.74, 6) is -2.72. The molecule has 0 aliphatic carbocycles. The van der Waals surface area contributed by atoms with Gasteiger partial charge >= 0.3 is 30.1 Å². The SMILES string of the molecule is C=CC[C@@H](NC(=O)OC(C)(C)C)C(=O)OCCCOC(=O)[C@H](CCC(=O)O)NC(=O)OCc1ccccc1. The van der Waals surface area contributed by atoms with Crippen LogP contribution in [0, 0.1) is 0 Å². The maximum absolute atomic E-state index is 12.4. The Morgan fingerprint density at radius 3 is 2.05 bits per heavy atom. The van der Waals surface area contributed by atoms with E-state index in [1.54, 1.807) is 45.0 Å². The predicted molar refractivity (Wildman–Crippen MR) is 135 cm³/mol. The molecule has 0 fully saturated rings. The van der Waals surface area contributed by atoms with Crippen molar-refractivity contribution in [2.45, 2.75) is 70.7 Å². The summed E-state index contributed by atoms with van der Waals surface area (Å²) in [7, 11) is 0. The summed E-state index contributed by atoms with van der Waals surface area (Å²) in [5, 5.41) is 13.7. The molecule has 0 aliphatic heterocycles. The number of ether oxygens (including phenoxy) is 4. The fourth-order valence-corrected chi connectivity index (χ4v) is 2.86. The number of esters is 2. The third kappa shape index (κ3) is 14.5. The average Bonchev–Trinajstić information content (AvgIpc) is 2.83. The smallest absolute Gasteiger partial charge is 0.408 e. The normalized spacial score (nSPS) is 12.3. The van der Waals surface area contributed by atoms with Gasteiger partial charge in [-0.25, -0.2) is 19.2 Å². The number of benzene rings is 1. The molecule has 12 heteroatoms. The second kappa shape index (κ2) is 16.6. The summed E-state index contributed by atoms with van der Waals surface area (Å²) < 4.78 is 20.4. The number of carbonyl (C=O) groups excluding carboxylic acids is 4. The van der Waals surface area contributed by atoms with Crippen molar-refractivity contribution < 1.29 is 48.0 Å². The summed E-state index contributed by atoms with van der Waals surface area (Å²) in [5.41, 5.74) is -0.00894. The third-order valence-corrected chi connectivity index (χ3v) is 4.59. The van der Waals surface area contributed by atoms with E-state index in [2.05, 4.69) is 17.2 Å². The van der Waals surface area contributed by atoms with E-state index in [-0.39, 0.29) is 45.5 Å². The van der Waals surface area contributed by atoms with Gasteiger partial charge in [-0.1, -0.05) is 36.4 Å². The summed E-state index contributed by atoms with van der Waals surface area (Å²) in [6, 6.07) is 6.62. The number of hydrogen-bond donors (Lipinski definition) is 3. The van der Waals surface area contributed by atoms with E-state index < -0.39 is 47.8 Å². The highest BCUT2D eigenvalue weighted by Crippen LogP contribution is 2.08. The molecule has 0 aliphatic rings. The highest BCUT2D eigenvalue weighted by Gasteiger charge is 2.26. The maximum Gasteiger partial charge on any atom is 0.408 e. The first-order valence-electron chi connectivity index (χ1n) is 12.0. The van der Waals surface area contributed by atoms with Gasteiger partial charge in [-0.2, -0.15) is 0 Å². The molecule has 3 N–H and O–H groups in total. The monoisotopic (exact) mass is 536 g/mol. The van der Waals surface area contributed by atoms with Crippen molar-refractivity contribution in [2.24, 2.45) is 0 Å². The van der Waals surface area contributed by atoms with E-state index in [0.29, 0.717) is 0 Å². The van der Waals surface area contributed by atoms with Crippen LogP contribution in [0.1, 0.15) is 52.0 Å². The summed E-state index contributed by atoms with van der Waals surface area (Å²) in [4.78, 5) is 59.7. The van der Waals surface area contributed by atoms with Crippen LogP contribution < -0.4 is 10.6 Å². The van der Waals surface area contributed by atoms with Gasteiger partial charge in [0.15, 0.2) is 0 Å². The van der Waals surface area contributed by atoms with E-state index in [1.165, 1.54) is 6.08 Å². The van der Waals surface area contributed by atoms with Crippen LogP contribution in [0.25, 0.3) is 0 Å². The summed E-state index contributed by atoms with van der Waals surface area (Å²) in [6.45, 7) is 8.28. The Kier molecular flexibility index (Phi) is 14.0. The zero-order valence-electron chi connectivity index (χ0n) is 21.9. The lowest BCUT2D eigenvalue weighted by Gasteiger charge is -2.22. The lowest BCUT2D eigenvalue weighted by molar-refractivity contribution is -0.149. The quantitative estimate of drug-likeness (QED) is 0.131. The van der Waals surface area contributed by atoms with Crippen LogP contribution in [0.2, 0.25) is 0 Å². The second-order valence-corrected chi connectivity index (χ2v) is 9.10. The third-order valence-electron chi connectivity index (χ3n) is 4.59. The van der Waals surface area contributed by atoms with Crippen LogP contribution in [0.3, 0.4) is 0 Å². The minimum absolute atomic E-state index is 0.0334. The van der Waals surface area contributed by atoms with Gasteiger partial charge in [0.2, 0.25) is 0 Å². The number of carbonyl (C=O) groups is 5. The van der Waals surface area contributed by atoms with Crippen molar-refractivity contribution in [3.05, 3.63) is 48.6 Å². The molecular formula is C26H36N2O10. The van der Waals surface area contributed by atoms with Gasteiger partial charge in [-0.05, 0) is 39.2 Å². The molecule has 210 valence electrons. The van der Waals surface area contributed by atoms with Crippen molar-refractivity contribution >= 4 is 30.1 Å². The average molecular weight is 537 g/mol. The Balaban J connectivity index is 2.49. The predicted octanol–water partition coefficient (Wildman–Crippen LogP) is 3.09. The Morgan fingerprint density at radius 2 is 1.50 bits per heavy atom. The standard InChI is InChI=1S/C26H36N2O10/c1-5-10-19(28-25(34)38-26(2,3)4)22(31)35-15-9-16-36-23(32)20(13-14-21(29)30)27-24(33)37-17-18-11-7-6-8-12-18/h5-8,11-12,19-20H,1,9-10,13-17H2,2-4H3,(H,27,33)(H,28,34)(H,29,30)/t19-,20+/m1/s1. The number of alkyl carbamates (subject to hydrolysis) is 2. The molecule has 1 aromatic carbocycles. The molecule has 0 spiro atoms. The Morgan fingerprint density at radius 1 is 0.921 bits per heavy atom. The van der Waals surface area contributed by atoms with Gasteiger partial charge in [-0.15, -0.1) is 6.58 Å². The first kappa shape index (κ1) is 31.9. The van der Waals surface area contributed by atoms with Gasteiger partial charge in [0.25, 0.3) is 0 Å². The summed E-state index contributed by atoms with van der Waals surface area (Å²) >= 11 is 0. The molecule has 38 heavy (non-hydrogen) atoms. The molecule has 0 saturated heterocycles. The molecule has 0 aromatic heterocycles. The number of carboxylic acid groups (broad SMARTS) is 1. The first-order valence-corrected chi connectivity index (χ1v) is 12.0. The van der Waals surface area contributed by atoms with Crippen molar-refractivity contribution in [3.63, 3.8) is 0 Å². The van der Waals surface area contributed by atoms with Crippen LogP contribution in [0.15, 0.2) is 43.0 Å². The Labute approximate surface area is 221 Å². The van der Waals surface area contributed by atoms with Gasteiger partial charge in [0.05, 0.1) is 13.2 Å². The molecule has 0 unspecified atom stereocenters. The van der Waals surface area contributed by atoms with E-state index >= 15 is 0 Å². The van der Waals surface area contributed by atoms with E-state index in [4.69, 9.17) is 24.1 Å². The van der Waals surface area contributed by atoms with Crippen LogP contribution in [0.4, 0.5) is 9.59 Å². The number of hydrogen-bond acceptors (Lipinski definition) is 9. The van der Waals surface area contributed by atoms with Crippen LogP contribution in [-0.4, -0.2) is 66.1 Å². The maximum atomic E-state index is 12.4. The largest absolute Gasteiger partial charge is 0.481 e. The fourth-order valence-electron chi connectivity index (χ4n) is 2.86. The lowest BCUT2D eigenvalue weighted by Crippen LogP contribution is -2.44. The number of rotatable bonds is 15. The Hall–Kier alpha value is -4.09. The molecule has 0 radical (unpaired) electrons. The number of carboxylic acids is 1. The van der Waals surface area contributed by atoms with Gasteiger partial charge < -0.3 is 34.7 Å². The van der Waals surface area contributed by atoms with Crippen molar-refractivity contribution in [1.29, 1.82) is 0 Å². The minimum atomic E-state index is -1.24. The van der Waals surface area contributed by atoms with Crippen LogP contribution in [0.5, 0.6) is 0 Å². The van der Waals surface area contributed by atoms with Gasteiger partial charge in [0.1, 0.15) is 24.3 Å². The first-order chi connectivity index (χ1) is 17.9. The van der Waals surface area contributed by atoms with Crippen molar-refractivity contribution in [2.75, 3.05) is 13.2 Å². The van der Waals surface area contributed by atoms with Crippen molar-refractivity contribution in [3.8, 4) is 0 Å². The molecule has 0 bridgehead atoms. The van der Waals surface area contributed by atoms with Crippen molar-refractivity contribution in [1.82, 2.24) is 10.6 Å². The van der Waals surface area contributed by atoms with Crippen LogP contribution >= 0.6 is 0 Å². The zero-order chi connectivity index (χ0) is 28.6. The molecular weight excluding hydrogens is 500 g/mol. The number of aliphatic carboxylic acids is 1. The fraction of sp³-hybridized carbons (Fsp3) is 0.500. The molecule has 2 amide bonds.